The van der Waals surface area contributed by atoms with Crippen LogP contribution in [0.5, 0.6) is 0 Å². The molecule has 7 nitrogen and oxygen atoms in total. The highest BCUT2D eigenvalue weighted by atomic mass is 16.6. The molecule has 1 saturated heterocycles. The van der Waals surface area contributed by atoms with Crippen molar-refractivity contribution in [2.24, 2.45) is 5.92 Å². The Balaban J connectivity index is 2.35. The first-order valence-electron chi connectivity index (χ1n) is 5.15. The Morgan fingerprint density at radius 1 is 1.50 bits per heavy atom. The van der Waals surface area contributed by atoms with Crippen LogP contribution in [-0.2, 0) is 14.3 Å². The lowest BCUT2D eigenvalue weighted by atomic mass is 9.95. The minimum atomic E-state index is -1.16. The summed E-state index contributed by atoms with van der Waals surface area (Å²) in [5.41, 5.74) is 0.155. The molecular weight excluding hydrogens is 242 g/mol. The van der Waals surface area contributed by atoms with Crippen LogP contribution in [0.1, 0.15) is 18.1 Å². The monoisotopic (exact) mass is 251 g/mol. The van der Waals surface area contributed by atoms with E-state index in [1.807, 2.05) is 0 Å². The number of carboxylic acids is 1. The molecule has 94 valence electrons. The fourth-order valence-electron chi connectivity index (χ4n) is 1.89. The molecule has 2 rings (SSSR count). The van der Waals surface area contributed by atoms with E-state index in [2.05, 4.69) is 0 Å². The second-order valence-corrected chi connectivity index (χ2v) is 3.91. The summed E-state index contributed by atoms with van der Waals surface area (Å²) >= 11 is 0. The van der Waals surface area contributed by atoms with E-state index in [0.29, 0.717) is 5.56 Å². The number of carbonyl (C=O) groups is 2. The Bertz CT molecular complexity index is 526. The van der Waals surface area contributed by atoms with Crippen molar-refractivity contribution < 1.29 is 24.4 Å². The topological polar surface area (TPSA) is 107 Å². The Morgan fingerprint density at radius 2 is 2.22 bits per heavy atom. The fraction of sp³-hybridized carbons (Fsp3) is 0.273. The van der Waals surface area contributed by atoms with Crippen LogP contribution >= 0.6 is 0 Å². The zero-order chi connectivity index (χ0) is 13.3. The number of nitro benzene ring substituents is 1. The van der Waals surface area contributed by atoms with Gasteiger partial charge in [-0.15, -0.1) is 0 Å². The van der Waals surface area contributed by atoms with E-state index in [4.69, 9.17) is 9.84 Å². The highest BCUT2D eigenvalue weighted by Gasteiger charge is 2.41. The Hall–Kier alpha value is -2.44. The number of hydrogen-bond donors (Lipinski definition) is 1. The van der Waals surface area contributed by atoms with E-state index in [1.165, 1.54) is 24.3 Å². The number of nitrogens with zero attached hydrogens (tertiary/aromatic N) is 1. The number of hydrogen-bond acceptors (Lipinski definition) is 5. The summed E-state index contributed by atoms with van der Waals surface area (Å²) in [5.74, 6) is -2.77. The van der Waals surface area contributed by atoms with Crippen LogP contribution in [0.25, 0.3) is 0 Å². The zero-order valence-corrected chi connectivity index (χ0v) is 9.11. The van der Waals surface area contributed by atoms with Gasteiger partial charge in [0.25, 0.3) is 5.69 Å². The molecule has 0 aliphatic carbocycles. The van der Waals surface area contributed by atoms with Crippen LogP contribution in [0.2, 0.25) is 0 Å². The summed E-state index contributed by atoms with van der Waals surface area (Å²) in [7, 11) is 0. The molecule has 0 unspecified atom stereocenters. The highest BCUT2D eigenvalue weighted by Crippen LogP contribution is 2.36. The maximum atomic E-state index is 11.1. The lowest BCUT2D eigenvalue weighted by Gasteiger charge is -2.13. The van der Waals surface area contributed by atoms with Crippen molar-refractivity contribution in [2.75, 3.05) is 0 Å². The standard InChI is InChI=1S/C11H9NO6/c13-9-5-8(11(14)15)10(18-9)6-2-1-3-7(4-6)12(16)17/h1-4,8,10H,5H2,(H,14,15)/t8-,10+/m0/s1. The highest BCUT2D eigenvalue weighted by molar-refractivity contribution is 5.82. The number of aliphatic carboxylic acids is 1. The first-order chi connectivity index (χ1) is 8.49. The van der Waals surface area contributed by atoms with Crippen LogP contribution in [-0.4, -0.2) is 22.0 Å². The summed E-state index contributed by atoms with van der Waals surface area (Å²) in [5, 5.41) is 19.6. The van der Waals surface area contributed by atoms with Crippen molar-refractivity contribution in [3.8, 4) is 0 Å². The molecule has 2 atom stereocenters. The third-order valence-electron chi connectivity index (χ3n) is 2.74. The molecule has 18 heavy (non-hydrogen) atoms. The normalized spacial score (nSPS) is 22.6. The van der Waals surface area contributed by atoms with Crippen LogP contribution < -0.4 is 0 Å². The number of carboxylic acid groups (broad SMARTS) is 1. The second-order valence-electron chi connectivity index (χ2n) is 3.91. The van der Waals surface area contributed by atoms with Crippen molar-refractivity contribution in [1.82, 2.24) is 0 Å². The van der Waals surface area contributed by atoms with Gasteiger partial charge in [0.05, 0.1) is 11.3 Å². The molecule has 0 radical (unpaired) electrons. The van der Waals surface area contributed by atoms with Crippen molar-refractivity contribution in [3.05, 3.63) is 39.9 Å². The predicted octanol–water partition coefficient (Wildman–Crippen LogP) is 1.28. The van der Waals surface area contributed by atoms with Gasteiger partial charge in [-0.2, -0.15) is 0 Å². The van der Waals surface area contributed by atoms with Gasteiger partial charge in [0, 0.05) is 17.7 Å². The number of benzene rings is 1. The maximum Gasteiger partial charge on any atom is 0.311 e. The van der Waals surface area contributed by atoms with Crippen LogP contribution in [0, 0.1) is 16.0 Å². The molecule has 1 fully saturated rings. The van der Waals surface area contributed by atoms with Gasteiger partial charge in [0.15, 0.2) is 0 Å². The van der Waals surface area contributed by atoms with Gasteiger partial charge >= 0.3 is 11.9 Å². The van der Waals surface area contributed by atoms with Crippen molar-refractivity contribution in [2.45, 2.75) is 12.5 Å². The number of non-ortho nitro benzene ring substituents is 1. The van der Waals surface area contributed by atoms with E-state index in [0.717, 1.165) is 0 Å². The third kappa shape index (κ3) is 2.15. The molecular formula is C11H9NO6. The van der Waals surface area contributed by atoms with E-state index in [-0.39, 0.29) is 12.1 Å². The molecule has 0 spiro atoms. The molecule has 0 bridgehead atoms. The van der Waals surface area contributed by atoms with E-state index >= 15 is 0 Å². The van der Waals surface area contributed by atoms with Crippen molar-refractivity contribution in [3.63, 3.8) is 0 Å². The first kappa shape index (κ1) is 12.0. The molecule has 7 heteroatoms. The minimum absolute atomic E-state index is 0.167. The Morgan fingerprint density at radius 3 is 2.83 bits per heavy atom. The van der Waals surface area contributed by atoms with E-state index in [9.17, 15) is 19.7 Å². The van der Waals surface area contributed by atoms with Gasteiger partial charge in [-0.05, 0) is 0 Å². The second kappa shape index (κ2) is 4.44. The quantitative estimate of drug-likeness (QED) is 0.492. The summed E-state index contributed by atoms with van der Waals surface area (Å²) < 4.78 is 4.91. The number of cyclic esters (lactones) is 1. The SMILES string of the molecule is O=C1C[C@H](C(=O)O)[C@@H](c2cccc([N+](=O)[O-])c2)O1. The molecule has 0 amide bonds. The molecule has 1 aromatic rings. The molecule has 0 aromatic heterocycles. The Labute approximate surface area is 101 Å². The fourth-order valence-corrected chi connectivity index (χ4v) is 1.89. The lowest BCUT2D eigenvalue weighted by Crippen LogP contribution is -2.17. The van der Waals surface area contributed by atoms with Crippen LogP contribution in [0.3, 0.4) is 0 Å². The molecule has 1 aliphatic heterocycles. The number of carbonyl (C=O) groups excluding carboxylic acids is 1. The van der Waals surface area contributed by atoms with Crippen LogP contribution in [0.15, 0.2) is 24.3 Å². The van der Waals surface area contributed by atoms with Crippen LogP contribution in [0.4, 0.5) is 5.69 Å². The van der Waals surface area contributed by atoms with Crippen molar-refractivity contribution >= 4 is 17.6 Å². The first-order valence-corrected chi connectivity index (χ1v) is 5.15. The zero-order valence-electron chi connectivity index (χ0n) is 9.11. The molecule has 1 heterocycles. The van der Waals surface area contributed by atoms with Gasteiger partial charge < -0.3 is 9.84 Å². The molecule has 0 saturated carbocycles. The summed E-state index contributed by atoms with van der Waals surface area (Å²) in [6.45, 7) is 0. The van der Waals surface area contributed by atoms with Crippen molar-refractivity contribution in [1.29, 1.82) is 0 Å². The molecule has 1 aliphatic rings. The van der Waals surface area contributed by atoms with Gasteiger partial charge in [0.2, 0.25) is 0 Å². The van der Waals surface area contributed by atoms with E-state index in [1.54, 1.807) is 0 Å². The Kier molecular flexibility index (Phi) is 2.97. The number of ether oxygens (including phenoxy) is 1. The largest absolute Gasteiger partial charge is 0.481 e. The number of rotatable bonds is 3. The lowest BCUT2D eigenvalue weighted by molar-refractivity contribution is -0.385. The third-order valence-corrected chi connectivity index (χ3v) is 2.74. The smallest absolute Gasteiger partial charge is 0.311 e. The predicted molar refractivity (Wildman–Crippen MR) is 57.7 cm³/mol. The number of esters is 1. The summed E-state index contributed by atoms with van der Waals surface area (Å²) in [4.78, 5) is 32.2. The summed E-state index contributed by atoms with van der Waals surface area (Å²) in [6.07, 6.45) is -1.18. The minimum Gasteiger partial charge on any atom is -0.481 e. The maximum absolute atomic E-state index is 11.1. The molecule has 1 aromatic carbocycles. The van der Waals surface area contributed by atoms with Gasteiger partial charge in [-0.1, -0.05) is 12.1 Å². The van der Waals surface area contributed by atoms with Gasteiger partial charge in [0.1, 0.15) is 12.0 Å². The van der Waals surface area contributed by atoms with Gasteiger partial charge in [-0.25, -0.2) is 0 Å². The number of nitro groups is 1. The average molecular weight is 251 g/mol. The molecule has 1 N–H and O–H groups in total. The average Bonchev–Trinajstić information content (AvgIpc) is 2.72. The van der Waals surface area contributed by atoms with Gasteiger partial charge in [-0.3, -0.25) is 19.7 Å². The summed E-state index contributed by atoms with van der Waals surface area (Å²) in [6, 6.07) is 5.44. The van der Waals surface area contributed by atoms with E-state index < -0.39 is 28.9 Å².